The molecule has 6 heteroatoms. The van der Waals surface area contributed by atoms with Crippen molar-refractivity contribution in [3.63, 3.8) is 0 Å². The number of carbonyl (C=O) groups is 1. The van der Waals surface area contributed by atoms with Crippen LogP contribution < -0.4 is 15.2 Å². The first kappa shape index (κ1) is 17.9. The SMILES string of the molecule is COCCCn1c(-c2ccc(OC)cc2OC)cc(C(N)=O)c1C. The number of ether oxygens (including phenoxy) is 3. The lowest BCUT2D eigenvalue weighted by molar-refractivity contribution is 0.0999. The number of nitrogens with two attached hydrogens (primary N) is 1. The number of benzene rings is 1. The maximum absolute atomic E-state index is 11.7. The van der Waals surface area contributed by atoms with Crippen molar-refractivity contribution < 1.29 is 19.0 Å². The zero-order valence-electron chi connectivity index (χ0n) is 14.6. The highest BCUT2D eigenvalue weighted by molar-refractivity contribution is 5.96. The highest BCUT2D eigenvalue weighted by atomic mass is 16.5. The number of rotatable bonds is 8. The monoisotopic (exact) mass is 332 g/mol. The molecule has 1 heterocycles. The van der Waals surface area contributed by atoms with Gasteiger partial charge in [-0.2, -0.15) is 0 Å². The number of primary amides is 1. The Morgan fingerprint density at radius 2 is 1.92 bits per heavy atom. The Hall–Kier alpha value is -2.47. The number of aromatic nitrogens is 1. The Morgan fingerprint density at radius 1 is 1.17 bits per heavy atom. The van der Waals surface area contributed by atoms with E-state index in [1.54, 1.807) is 21.3 Å². The predicted molar refractivity (Wildman–Crippen MR) is 92.7 cm³/mol. The molecule has 2 N–H and O–H groups in total. The third kappa shape index (κ3) is 3.54. The summed E-state index contributed by atoms with van der Waals surface area (Å²) in [4.78, 5) is 11.7. The zero-order chi connectivity index (χ0) is 17.7. The molecule has 0 bridgehead atoms. The summed E-state index contributed by atoms with van der Waals surface area (Å²) < 4.78 is 18.0. The Balaban J connectivity index is 2.55. The fourth-order valence-corrected chi connectivity index (χ4v) is 2.78. The van der Waals surface area contributed by atoms with Crippen molar-refractivity contribution in [1.29, 1.82) is 0 Å². The number of hydrogen-bond donors (Lipinski definition) is 1. The van der Waals surface area contributed by atoms with Crippen LogP contribution in [0.25, 0.3) is 11.3 Å². The van der Waals surface area contributed by atoms with Crippen molar-refractivity contribution in [3.8, 4) is 22.8 Å². The maximum atomic E-state index is 11.7. The summed E-state index contributed by atoms with van der Waals surface area (Å²) in [5, 5.41) is 0. The van der Waals surface area contributed by atoms with Crippen LogP contribution in [0, 0.1) is 6.92 Å². The van der Waals surface area contributed by atoms with Gasteiger partial charge in [0, 0.05) is 37.6 Å². The van der Waals surface area contributed by atoms with Gasteiger partial charge in [-0.15, -0.1) is 0 Å². The van der Waals surface area contributed by atoms with Crippen LogP contribution >= 0.6 is 0 Å². The van der Waals surface area contributed by atoms with Crippen LogP contribution in [0.2, 0.25) is 0 Å². The molecule has 0 radical (unpaired) electrons. The van der Waals surface area contributed by atoms with Crippen LogP contribution in [0.5, 0.6) is 11.5 Å². The Bertz CT molecular complexity index is 722. The average Bonchev–Trinajstić information content (AvgIpc) is 2.91. The minimum Gasteiger partial charge on any atom is -0.497 e. The van der Waals surface area contributed by atoms with Crippen LogP contribution in [0.15, 0.2) is 24.3 Å². The number of nitrogens with zero attached hydrogens (tertiary/aromatic N) is 1. The minimum atomic E-state index is -0.438. The van der Waals surface area contributed by atoms with Crippen molar-refractivity contribution >= 4 is 5.91 Å². The standard InChI is InChI=1S/C18H24N2O4/c1-12-15(18(19)21)11-16(20(12)8-5-9-22-2)14-7-6-13(23-3)10-17(14)24-4/h6-7,10-11H,5,8-9H2,1-4H3,(H2,19,21). The lowest BCUT2D eigenvalue weighted by Crippen LogP contribution is -2.13. The summed E-state index contributed by atoms with van der Waals surface area (Å²) in [6.45, 7) is 3.26. The van der Waals surface area contributed by atoms with Crippen LogP contribution in [-0.4, -0.2) is 38.4 Å². The normalized spacial score (nSPS) is 10.7. The molecule has 0 fully saturated rings. The van der Waals surface area contributed by atoms with Gasteiger partial charge < -0.3 is 24.5 Å². The van der Waals surface area contributed by atoms with Crippen molar-refractivity contribution in [2.75, 3.05) is 27.9 Å². The minimum absolute atomic E-state index is 0.438. The first-order valence-electron chi connectivity index (χ1n) is 7.74. The molecule has 1 aromatic heterocycles. The number of methoxy groups -OCH3 is 3. The van der Waals surface area contributed by atoms with Crippen LogP contribution in [0.1, 0.15) is 22.5 Å². The first-order chi connectivity index (χ1) is 11.5. The summed E-state index contributed by atoms with van der Waals surface area (Å²) in [6, 6.07) is 7.42. The van der Waals surface area contributed by atoms with E-state index in [0.717, 1.165) is 29.9 Å². The maximum Gasteiger partial charge on any atom is 0.250 e. The molecule has 1 aromatic carbocycles. The van der Waals surface area contributed by atoms with Gasteiger partial charge in [0.25, 0.3) is 5.91 Å². The molecule has 0 unspecified atom stereocenters. The van der Waals surface area contributed by atoms with Gasteiger partial charge in [-0.3, -0.25) is 4.79 Å². The van der Waals surface area contributed by atoms with E-state index in [4.69, 9.17) is 19.9 Å². The molecule has 2 aromatic rings. The van der Waals surface area contributed by atoms with E-state index in [9.17, 15) is 4.79 Å². The Labute approximate surface area is 142 Å². The fourth-order valence-electron chi connectivity index (χ4n) is 2.78. The second-order valence-corrected chi connectivity index (χ2v) is 5.46. The van der Waals surface area contributed by atoms with E-state index in [0.29, 0.717) is 23.7 Å². The molecule has 24 heavy (non-hydrogen) atoms. The van der Waals surface area contributed by atoms with Gasteiger partial charge in [0.05, 0.1) is 25.5 Å². The average molecular weight is 332 g/mol. The molecular weight excluding hydrogens is 308 g/mol. The van der Waals surface area contributed by atoms with Gasteiger partial charge in [0.1, 0.15) is 11.5 Å². The van der Waals surface area contributed by atoms with Gasteiger partial charge in [-0.1, -0.05) is 0 Å². The van der Waals surface area contributed by atoms with Crippen molar-refractivity contribution in [2.24, 2.45) is 5.73 Å². The second kappa shape index (κ2) is 7.88. The van der Waals surface area contributed by atoms with Crippen LogP contribution in [0.4, 0.5) is 0 Å². The summed E-state index contributed by atoms with van der Waals surface area (Å²) in [5.74, 6) is 0.947. The van der Waals surface area contributed by atoms with E-state index in [2.05, 4.69) is 4.57 Å². The molecule has 130 valence electrons. The molecule has 0 aliphatic carbocycles. The first-order valence-corrected chi connectivity index (χ1v) is 7.74. The van der Waals surface area contributed by atoms with Crippen LogP contribution in [-0.2, 0) is 11.3 Å². The van der Waals surface area contributed by atoms with E-state index < -0.39 is 5.91 Å². The topological polar surface area (TPSA) is 75.7 Å². The van der Waals surface area contributed by atoms with Gasteiger partial charge >= 0.3 is 0 Å². The molecule has 0 aliphatic rings. The van der Waals surface area contributed by atoms with Gasteiger partial charge in [-0.25, -0.2) is 0 Å². The van der Waals surface area contributed by atoms with Crippen molar-refractivity contribution in [3.05, 3.63) is 35.5 Å². The molecule has 2 rings (SSSR count). The molecule has 1 amide bonds. The molecule has 0 atom stereocenters. The van der Waals surface area contributed by atoms with Gasteiger partial charge in [0.2, 0.25) is 0 Å². The highest BCUT2D eigenvalue weighted by Crippen LogP contribution is 2.35. The van der Waals surface area contributed by atoms with Gasteiger partial charge in [0.15, 0.2) is 0 Å². The van der Waals surface area contributed by atoms with Crippen molar-refractivity contribution in [1.82, 2.24) is 4.57 Å². The Morgan fingerprint density at radius 3 is 2.50 bits per heavy atom. The molecule has 6 nitrogen and oxygen atoms in total. The third-order valence-electron chi connectivity index (χ3n) is 4.05. The fraction of sp³-hybridized carbons (Fsp3) is 0.389. The van der Waals surface area contributed by atoms with E-state index in [-0.39, 0.29) is 0 Å². The molecule has 0 spiro atoms. The molecular formula is C18H24N2O4. The quantitative estimate of drug-likeness (QED) is 0.754. The van der Waals surface area contributed by atoms with Gasteiger partial charge in [-0.05, 0) is 31.5 Å². The van der Waals surface area contributed by atoms with E-state index in [1.165, 1.54) is 0 Å². The molecule has 0 saturated carbocycles. The summed E-state index contributed by atoms with van der Waals surface area (Å²) in [5.41, 5.74) is 8.64. The summed E-state index contributed by atoms with van der Waals surface area (Å²) >= 11 is 0. The number of carbonyl (C=O) groups excluding carboxylic acids is 1. The lowest BCUT2D eigenvalue weighted by Gasteiger charge is -2.15. The predicted octanol–water partition coefficient (Wildman–Crippen LogP) is 2.62. The summed E-state index contributed by atoms with van der Waals surface area (Å²) in [6.07, 6.45) is 0.829. The van der Waals surface area contributed by atoms with E-state index in [1.807, 2.05) is 31.2 Å². The Kier molecular flexibility index (Phi) is 5.87. The molecule has 0 aliphatic heterocycles. The number of hydrogen-bond acceptors (Lipinski definition) is 4. The smallest absolute Gasteiger partial charge is 0.250 e. The largest absolute Gasteiger partial charge is 0.497 e. The zero-order valence-corrected chi connectivity index (χ0v) is 14.6. The van der Waals surface area contributed by atoms with E-state index >= 15 is 0 Å². The summed E-state index contributed by atoms with van der Waals surface area (Å²) in [7, 11) is 4.89. The van der Waals surface area contributed by atoms with Crippen molar-refractivity contribution in [2.45, 2.75) is 19.9 Å². The third-order valence-corrected chi connectivity index (χ3v) is 4.05. The molecule has 0 saturated heterocycles. The lowest BCUT2D eigenvalue weighted by atomic mass is 10.1. The second-order valence-electron chi connectivity index (χ2n) is 5.46. The highest BCUT2D eigenvalue weighted by Gasteiger charge is 2.19. The van der Waals surface area contributed by atoms with Crippen LogP contribution in [0.3, 0.4) is 0 Å². The number of amides is 1.